The molecule has 1 aliphatic heterocycles. The first-order valence-corrected chi connectivity index (χ1v) is 9.99. The lowest BCUT2D eigenvalue weighted by Gasteiger charge is -2.35. The van der Waals surface area contributed by atoms with Crippen molar-refractivity contribution < 1.29 is 0 Å². The lowest BCUT2D eigenvalue weighted by Crippen LogP contribution is -2.39. The Labute approximate surface area is 158 Å². The Bertz CT molecular complexity index is 832. The van der Waals surface area contributed by atoms with Crippen LogP contribution in [0.15, 0.2) is 11.6 Å². The molecule has 7 heteroatoms. The Morgan fingerprint density at radius 1 is 1.35 bits per heavy atom. The highest BCUT2D eigenvalue weighted by Gasteiger charge is 2.56. The van der Waals surface area contributed by atoms with Crippen LogP contribution in [-0.4, -0.2) is 46.3 Å². The van der Waals surface area contributed by atoms with E-state index in [0.717, 1.165) is 49.6 Å². The number of nitriles is 1. The van der Waals surface area contributed by atoms with Crippen molar-refractivity contribution in [2.75, 3.05) is 25.0 Å². The molecule has 6 nitrogen and oxygen atoms in total. The molecule has 2 aromatic rings. The van der Waals surface area contributed by atoms with Gasteiger partial charge >= 0.3 is 0 Å². The van der Waals surface area contributed by atoms with Gasteiger partial charge in [-0.3, -0.25) is 4.90 Å². The average Bonchev–Trinajstić information content (AvgIpc) is 3.09. The maximum atomic E-state index is 9.55. The predicted octanol–water partition coefficient (Wildman–Crippen LogP) is 2.91. The topological polar surface area (TPSA) is 68.9 Å². The number of anilines is 1. The van der Waals surface area contributed by atoms with Crippen LogP contribution in [0.4, 0.5) is 5.82 Å². The van der Waals surface area contributed by atoms with E-state index in [4.69, 9.17) is 0 Å². The van der Waals surface area contributed by atoms with Crippen LogP contribution in [0.5, 0.6) is 0 Å². The summed E-state index contributed by atoms with van der Waals surface area (Å²) in [7, 11) is 2.22. The van der Waals surface area contributed by atoms with Crippen molar-refractivity contribution in [3.05, 3.63) is 33.4 Å². The van der Waals surface area contributed by atoms with E-state index in [9.17, 15) is 5.26 Å². The zero-order valence-corrected chi connectivity index (χ0v) is 16.4. The molecule has 26 heavy (non-hydrogen) atoms. The molecule has 1 atom stereocenters. The van der Waals surface area contributed by atoms with Crippen LogP contribution in [0.1, 0.15) is 41.1 Å². The van der Waals surface area contributed by atoms with Crippen molar-refractivity contribution in [2.45, 2.75) is 45.7 Å². The van der Waals surface area contributed by atoms with E-state index in [0.29, 0.717) is 17.0 Å². The first kappa shape index (κ1) is 17.4. The highest BCUT2D eigenvalue weighted by molar-refractivity contribution is 7.09. The van der Waals surface area contributed by atoms with Crippen molar-refractivity contribution in [2.24, 2.45) is 5.41 Å². The van der Waals surface area contributed by atoms with Crippen LogP contribution in [0, 0.1) is 30.6 Å². The standard InChI is InChI=1S/C19H24N6S/c1-13-14(2)22-23-18(15(13)11-20)25-7-4-19(5-8-25)10-16(19)24(3)12-17-21-6-9-26-17/h6,9,16H,4-5,7-8,10,12H2,1-3H3/t16-/m1/s1. The van der Waals surface area contributed by atoms with Crippen LogP contribution in [0.3, 0.4) is 0 Å². The fraction of sp³-hybridized carbons (Fsp3) is 0.579. The number of thiazole rings is 1. The van der Waals surface area contributed by atoms with E-state index in [1.54, 1.807) is 11.3 Å². The Kier molecular flexibility index (Phi) is 4.41. The number of hydrogen-bond acceptors (Lipinski definition) is 7. The minimum atomic E-state index is 0.433. The highest BCUT2D eigenvalue weighted by Crippen LogP contribution is 2.56. The zero-order chi connectivity index (χ0) is 18.3. The van der Waals surface area contributed by atoms with Gasteiger partial charge in [-0.1, -0.05) is 0 Å². The quantitative estimate of drug-likeness (QED) is 0.826. The van der Waals surface area contributed by atoms with Crippen LogP contribution < -0.4 is 4.90 Å². The van der Waals surface area contributed by atoms with Gasteiger partial charge in [-0.25, -0.2) is 4.98 Å². The van der Waals surface area contributed by atoms with Gasteiger partial charge in [-0.2, -0.15) is 10.4 Å². The van der Waals surface area contributed by atoms with Gasteiger partial charge in [0.1, 0.15) is 16.6 Å². The zero-order valence-electron chi connectivity index (χ0n) is 15.6. The summed E-state index contributed by atoms with van der Waals surface area (Å²) in [5.74, 6) is 0.763. The summed E-state index contributed by atoms with van der Waals surface area (Å²) in [5.41, 5.74) is 2.90. The molecule has 136 valence electrons. The number of aryl methyl sites for hydroxylation is 1. The molecule has 0 amide bonds. The number of nitrogens with zero attached hydrogens (tertiary/aromatic N) is 6. The van der Waals surface area contributed by atoms with E-state index >= 15 is 0 Å². The first-order chi connectivity index (χ1) is 12.5. The number of piperidine rings is 1. The summed E-state index contributed by atoms with van der Waals surface area (Å²) in [5, 5.41) is 21.4. The molecular weight excluding hydrogens is 344 g/mol. The third-order valence-electron chi connectivity index (χ3n) is 6.15. The second-order valence-corrected chi connectivity index (χ2v) is 8.61. The molecule has 0 N–H and O–H groups in total. The third kappa shape index (κ3) is 2.97. The first-order valence-electron chi connectivity index (χ1n) is 9.11. The smallest absolute Gasteiger partial charge is 0.169 e. The van der Waals surface area contributed by atoms with Crippen LogP contribution in [0.2, 0.25) is 0 Å². The van der Waals surface area contributed by atoms with Gasteiger partial charge < -0.3 is 4.90 Å². The van der Waals surface area contributed by atoms with Gasteiger partial charge in [-0.05, 0) is 51.1 Å². The molecule has 1 spiro atoms. The third-order valence-corrected chi connectivity index (χ3v) is 6.92. The van der Waals surface area contributed by atoms with Gasteiger partial charge in [0, 0.05) is 30.7 Å². The highest BCUT2D eigenvalue weighted by atomic mass is 32.1. The normalized spacial score (nSPS) is 21.2. The van der Waals surface area contributed by atoms with E-state index in [1.807, 2.05) is 25.4 Å². The summed E-state index contributed by atoms with van der Waals surface area (Å²) in [6.45, 7) is 6.71. The van der Waals surface area contributed by atoms with Gasteiger partial charge in [0.2, 0.25) is 0 Å². The number of hydrogen-bond donors (Lipinski definition) is 0. The summed E-state index contributed by atoms with van der Waals surface area (Å²) >= 11 is 1.73. The Morgan fingerprint density at radius 2 is 2.12 bits per heavy atom. The second-order valence-electron chi connectivity index (χ2n) is 7.63. The molecule has 0 radical (unpaired) electrons. The molecule has 0 aromatic carbocycles. The molecule has 2 fully saturated rings. The molecule has 0 unspecified atom stereocenters. The maximum absolute atomic E-state index is 9.55. The lowest BCUT2D eigenvalue weighted by atomic mass is 9.92. The molecular formula is C19H24N6S. The van der Waals surface area contributed by atoms with Crippen LogP contribution in [-0.2, 0) is 6.54 Å². The molecule has 0 bridgehead atoms. The predicted molar refractivity (Wildman–Crippen MR) is 102 cm³/mol. The molecule has 2 aliphatic rings. The maximum Gasteiger partial charge on any atom is 0.169 e. The molecule has 3 heterocycles. The molecule has 1 saturated heterocycles. The lowest BCUT2D eigenvalue weighted by molar-refractivity contribution is 0.238. The van der Waals surface area contributed by atoms with Crippen molar-refractivity contribution in [1.29, 1.82) is 5.26 Å². The average molecular weight is 369 g/mol. The minimum Gasteiger partial charge on any atom is -0.354 e. The number of rotatable bonds is 4. The van der Waals surface area contributed by atoms with Gasteiger partial charge in [0.25, 0.3) is 0 Å². The summed E-state index contributed by atoms with van der Waals surface area (Å²) < 4.78 is 0. The SMILES string of the molecule is Cc1nnc(N2CCC3(CC2)C[C@H]3N(C)Cc2nccs2)c(C#N)c1C. The van der Waals surface area contributed by atoms with Crippen LogP contribution >= 0.6 is 11.3 Å². The van der Waals surface area contributed by atoms with E-state index in [2.05, 4.69) is 38.1 Å². The second kappa shape index (κ2) is 6.60. The summed E-state index contributed by atoms with van der Waals surface area (Å²) in [4.78, 5) is 9.12. The van der Waals surface area contributed by atoms with E-state index < -0.39 is 0 Å². The van der Waals surface area contributed by atoms with Crippen molar-refractivity contribution >= 4 is 17.2 Å². The van der Waals surface area contributed by atoms with Crippen LogP contribution in [0.25, 0.3) is 0 Å². The van der Waals surface area contributed by atoms with E-state index in [-0.39, 0.29) is 0 Å². The van der Waals surface area contributed by atoms with Gasteiger partial charge in [-0.15, -0.1) is 16.4 Å². The van der Waals surface area contributed by atoms with Gasteiger partial charge in [0.15, 0.2) is 5.82 Å². The number of aromatic nitrogens is 3. The molecule has 4 rings (SSSR count). The fourth-order valence-corrected chi connectivity index (χ4v) is 4.94. The van der Waals surface area contributed by atoms with Crippen molar-refractivity contribution in [1.82, 2.24) is 20.1 Å². The Hall–Kier alpha value is -2.04. The summed E-state index contributed by atoms with van der Waals surface area (Å²) in [6.07, 6.45) is 5.46. The van der Waals surface area contributed by atoms with Crippen molar-refractivity contribution in [3.63, 3.8) is 0 Å². The fourth-order valence-electron chi connectivity index (χ4n) is 4.26. The molecule has 1 saturated carbocycles. The Morgan fingerprint density at radius 3 is 2.77 bits per heavy atom. The van der Waals surface area contributed by atoms with E-state index in [1.165, 1.54) is 11.4 Å². The monoisotopic (exact) mass is 368 g/mol. The Balaban J connectivity index is 1.41. The molecule has 2 aromatic heterocycles. The summed E-state index contributed by atoms with van der Waals surface area (Å²) in [6, 6.07) is 2.98. The van der Waals surface area contributed by atoms with Crippen molar-refractivity contribution in [3.8, 4) is 6.07 Å². The minimum absolute atomic E-state index is 0.433. The molecule has 1 aliphatic carbocycles. The van der Waals surface area contributed by atoms with Gasteiger partial charge in [0.05, 0.1) is 12.2 Å². The largest absolute Gasteiger partial charge is 0.354 e.